The van der Waals surface area contributed by atoms with Gasteiger partial charge in [0, 0.05) is 12.0 Å². The molecule has 0 unspecified atom stereocenters. The fourth-order valence-corrected chi connectivity index (χ4v) is 3.67. The quantitative estimate of drug-likeness (QED) is 0.725. The minimum Gasteiger partial charge on any atom is -0.319 e. The Bertz CT molecular complexity index is 289. The van der Waals surface area contributed by atoms with E-state index in [9.17, 15) is 0 Å². The van der Waals surface area contributed by atoms with Crippen LogP contribution in [0.2, 0.25) is 0 Å². The van der Waals surface area contributed by atoms with Crippen LogP contribution in [0.15, 0.2) is 11.6 Å². The third-order valence-corrected chi connectivity index (χ3v) is 4.99. The third-order valence-electron chi connectivity index (χ3n) is 4.99. The smallest absolute Gasteiger partial charge is 0.00424 e. The molecule has 0 aromatic heterocycles. The molecule has 98 valence electrons. The Morgan fingerprint density at radius 1 is 1.29 bits per heavy atom. The van der Waals surface area contributed by atoms with E-state index >= 15 is 0 Å². The Labute approximate surface area is 107 Å². The average Bonchev–Trinajstić information content (AvgIpc) is 2.22. The predicted molar refractivity (Wildman–Crippen MR) is 75.1 cm³/mol. The van der Waals surface area contributed by atoms with Crippen LogP contribution in [-0.2, 0) is 0 Å². The van der Waals surface area contributed by atoms with Crippen LogP contribution < -0.4 is 5.32 Å². The maximum atomic E-state index is 3.44. The molecule has 1 fully saturated rings. The van der Waals surface area contributed by atoms with Gasteiger partial charge in [-0.3, -0.25) is 0 Å². The van der Waals surface area contributed by atoms with Crippen LogP contribution in [0.3, 0.4) is 0 Å². The summed E-state index contributed by atoms with van der Waals surface area (Å²) in [7, 11) is 2.11. The van der Waals surface area contributed by atoms with Crippen molar-refractivity contribution in [2.45, 2.75) is 59.3 Å². The second-order valence-electron chi connectivity index (χ2n) is 7.26. The first-order chi connectivity index (χ1) is 7.98. The summed E-state index contributed by atoms with van der Waals surface area (Å²) in [5.74, 6) is 0.915. The van der Waals surface area contributed by atoms with Crippen molar-refractivity contribution in [3.63, 3.8) is 0 Å². The lowest BCUT2D eigenvalue weighted by Gasteiger charge is -2.55. The second-order valence-corrected chi connectivity index (χ2v) is 7.26. The van der Waals surface area contributed by atoms with E-state index in [4.69, 9.17) is 0 Å². The highest BCUT2D eigenvalue weighted by atomic mass is 14.8. The van der Waals surface area contributed by atoms with Gasteiger partial charge in [0.05, 0.1) is 0 Å². The molecule has 2 aliphatic carbocycles. The van der Waals surface area contributed by atoms with Crippen LogP contribution in [0.4, 0.5) is 0 Å². The summed E-state index contributed by atoms with van der Waals surface area (Å²) in [5.41, 5.74) is 2.79. The fraction of sp³-hybridized carbons (Fsp3) is 0.875. The molecule has 0 heterocycles. The summed E-state index contributed by atoms with van der Waals surface area (Å²) < 4.78 is 0. The minimum atomic E-state index is 0.493. The molecule has 1 nitrogen and oxygen atoms in total. The number of nitrogens with one attached hydrogen (secondary N) is 1. The molecule has 17 heavy (non-hydrogen) atoms. The van der Waals surface area contributed by atoms with Crippen LogP contribution in [0.5, 0.6) is 0 Å². The molecule has 1 heteroatoms. The van der Waals surface area contributed by atoms with E-state index in [-0.39, 0.29) is 0 Å². The summed E-state index contributed by atoms with van der Waals surface area (Å²) in [5, 5.41) is 3.44. The SMILES string of the molecule is CNCC1(C2=CCCCC2)CC(C(C)(C)C)C1. The van der Waals surface area contributed by atoms with E-state index in [2.05, 4.69) is 39.2 Å². The molecule has 0 aromatic rings. The van der Waals surface area contributed by atoms with Crippen molar-refractivity contribution in [3.8, 4) is 0 Å². The zero-order valence-electron chi connectivity index (χ0n) is 12.1. The zero-order valence-corrected chi connectivity index (χ0v) is 12.1. The largest absolute Gasteiger partial charge is 0.319 e. The topological polar surface area (TPSA) is 12.0 Å². The van der Waals surface area contributed by atoms with Crippen molar-refractivity contribution < 1.29 is 0 Å². The van der Waals surface area contributed by atoms with Crippen LogP contribution in [-0.4, -0.2) is 13.6 Å². The van der Waals surface area contributed by atoms with E-state index in [0.29, 0.717) is 10.8 Å². The summed E-state index contributed by atoms with van der Waals surface area (Å²) in [6.07, 6.45) is 10.9. The summed E-state index contributed by atoms with van der Waals surface area (Å²) >= 11 is 0. The first kappa shape index (κ1) is 13.1. The van der Waals surface area contributed by atoms with Gasteiger partial charge in [-0.25, -0.2) is 0 Å². The fourth-order valence-electron chi connectivity index (χ4n) is 3.67. The summed E-state index contributed by atoms with van der Waals surface area (Å²) in [4.78, 5) is 0. The van der Waals surface area contributed by atoms with Crippen LogP contribution in [0.25, 0.3) is 0 Å². The number of hydrogen-bond acceptors (Lipinski definition) is 1. The van der Waals surface area contributed by atoms with E-state index in [1.165, 1.54) is 45.1 Å². The molecule has 2 rings (SSSR count). The molecule has 0 saturated heterocycles. The number of allylic oxidation sites excluding steroid dienone is 1. The normalized spacial score (nSPS) is 34.1. The maximum Gasteiger partial charge on any atom is 0.00424 e. The van der Waals surface area contributed by atoms with Gasteiger partial charge in [0.15, 0.2) is 0 Å². The van der Waals surface area contributed by atoms with E-state index in [1.807, 2.05) is 0 Å². The lowest BCUT2D eigenvalue weighted by atomic mass is 9.51. The minimum absolute atomic E-state index is 0.493. The first-order valence-electron chi connectivity index (χ1n) is 7.32. The van der Waals surface area contributed by atoms with Gasteiger partial charge in [-0.1, -0.05) is 32.4 Å². The Morgan fingerprint density at radius 2 is 2.00 bits per heavy atom. The highest BCUT2D eigenvalue weighted by Gasteiger charge is 2.49. The molecule has 0 radical (unpaired) electrons. The van der Waals surface area contributed by atoms with Crippen LogP contribution >= 0.6 is 0 Å². The molecular weight excluding hydrogens is 206 g/mol. The average molecular weight is 235 g/mol. The Morgan fingerprint density at radius 3 is 2.47 bits per heavy atom. The molecule has 2 aliphatic rings. The Kier molecular flexibility index (Phi) is 3.68. The van der Waals surface area contributed by atoms with Crippen molar-refractivity contribution in [1.82, 2.24) is 5.32 Å². The van der Waals surface area contributed by atoms with Gasteiger partial charge in [-0.05, 0) is 56.9 Å². The number of rotatable bonds is 3. The molecule has 0 spiro atoms. The molecule has 0 bridgehead atoms. The van der Waals surface area contributed by atoms with Gasteiger partial charge >= 0.3 is 0 Å². The summed E-state index contributed by atoms with van der Waals surface area (Å²) in [6, 6.07) is 0. The van der Waals surface area contributed by atoms with Gasteiger partial charge in [0.2, 0.25) is 0 Å². The van der Waals surface area contributed by atoms with Gasteiger partial charge in [-0.2, -0.15) is 0 Å². The van der Waals surface area contributed by atoms with Crippen molar-refractivity contribution in [2.75, 3.05) is 13.6 Å². The predicted octanol–water partition coefficient (Wildman–Crippen LogP) is 4.15. The second kappa shape index (κ2) is 4.76. The van der Waals surface area contributed by atoms with Crippen molar-refractivity contribution in [1.29, 1.82) is 0 Å². The maximum absolute atomic E-state index is 3.44. The van der Waals surface area contributed by atoms with Gasteiger partial charge in [-0.15, -0.1) is 0 Å². The monoisotopic (exact) mass is 235 g/mol. The lowest BCUT2D eigenvalue weighted by molar-refractivity contribution is 0.0124. The zero-order chi connectivity index (χ0) is 12.5. The van der Waals surface area contributed by atoms with E-state index < -0.39 is 0 Å². The van der Waals surface area contributed by atoms with Crippen molar-refractivity contribution in [2.24, 2.45) is 16.7 Å². The Balaban J connectivity index is 2.06. The first-order valence-corrected chi connectivity index (χ1v) is 7.32. The van der Waals surface area contributed by atoms with Gasteiger partial charge < -0.3 is 5.32 Å². The molecular formula is C16H29N. The Hall–Kier alpha value is -0.300. The van der Waals surface area contributed by atoms with E-state index in [0.717, 1.165) is 5.92 Å². The van der Waals surface area contributed by atoms with Gasteiger partial charge in [0.1, 0.15) is 0 Å². The third kappa shape index (κ3) is 2.59. The lowest BCUT2D eigenvalue weighted by Crippen LogP contribution is -2.49. The molecule has 1 saturated carbocycles. The molecule has 0 atom stereocenters. The standard InChI is InChI=1S/C16H29N/c1-15(2,3)14-10-16(11-14,12-17-4)13-8-6-5-7-9-13/h8,14,17H,5-7,9-12H2,1-4H3. The van der Waals surface area contributed by atoms with Crippen LogP contribution in [0, 0.1) is 16.7 Å². The molecule has 0 amide bonds. The molecule has 1 N–H and O–H groups in total. The highest BCUT2D eigenvalue weighted by molar-refractivity contribution is 5.23. The highest BCUT2D eigenvalue weighted by Crippen LogP contribution is 2.57. The number of hydrogen-bond donors (Lipinski definition) is 1. The van der Waals surface area contributed by atoms with Crippen molar-refractivity contribution >= 4 is 0 Å². The van der Waals surface area contributed by atoms with E-state index in [1.54, 1.807) is 5.57 Å². The molecule has 0 aliphatic heterocycles. The van der Waals surface area contributed by atoms with Gasteiger partial charge in [0.25, 0.3) is 0 Å². The molecule has 0 aromatic carbocycles. The summed E-state index contributed by atoms with van der Waals surface area (Å²) in [6.45, 7) is 8.38. The van der Waals surface area contributed by atoms with Crippen LogP contribution in [0.1, 0.15) is 59.3 Å². The van der Waals surface area contributed by atoms with Crippen molar-refractivity contribution in [3.05, 3.63) is 11.6 Å².